The summed E-state index contributed by atoms with van der Waals surface area (Å²) in [5.74, 6) is -1.38. The van der Waals surface area contributed by atoms with Crippen LogP contribution in [0.2, 0.25) is 5.02 Å². The molecule has 0 aliphatic heterocycles. The van der Waals surface area contributed by atoms with Gasteiger partial charge in [0.2, 0.25) is 10.0 Å². The van der Waals surface area contributed by atoms with Crippen molar-refractivity contribution in [2.75, 3.05) is 0 Å². The van der Waals surface area contributed by atoms with Crippen LogP contribution in [0, 0.1) is 0 Å². The van der Waals surface area contributed by atoms with Gasteiger partial charge in [-0.1, -0.05) is 30.7 Å². The van der Waals surface area contributed by atoms with E-state index in [0.29, 0.717) is 17.0 Å². The van der Waals surface area contributed by atoms with Crippen LogP contribution in [0.25, 0.3) is 0 Å². The second-order valence-corrected chi connectivity index (χ2v) is 6.63. The normalized spacial score (nSPS) is 14.9. The van der Waals surface area contributed by atoms with E-state index in [2.05, 4.69) is 4.72 Å². The number of halogens is 1. The first kappa shape index (κ1) is 15.9. The zero-order chi connectivity index (χ0) is 14.6. The van der Waals surface area contributed by atoms with Gasteiger partial charge in [0.25, 0.3) is 0 Å². The maximum atomic E-state index is 11.9. The molecule has 106 valence electrons. The molecule has 1 aromatic carbocycles. The quantitative estimate of drug-likeness (QED) is 0.844. The van der Waals surface area contributed by atoms with Gasteiger partial charge in [-0.05, 0) is 31.0 Å². The van der Waals surface area contributed by atoms with Crippen LogP contribution in [0.3, 0.4) is 0 Å². The lowest BCUT2D eigenvalue weighted by Crippen LogP contribution is -2.39. The lowest BCUT2D eigenvalue weighted by atomic mass is 10.1. The van der Waals surface area contributed by atoms with Crippen molar-refractivity contribution in [1.29, 1.82) is 0 Å². The third-order valence-electron chi connectivity index (χ3n) is 2.78. The molecule has 0 saturated carbocycles. The predicted molar refractivity (Wildman–Crippen MR) is 73.6 cm³/mol. The summed E-state index contributed by atoms with van der Waals surface area (Å²) >= 11 is 5.86. The van der Waals surface area contributed by atoms with Crippen molar-refractivity contribution in [2.24, 2.45) is 0 Å². The van der Waals surface area contributed by atoms with E-state index in [0.717, 1.165) is 6.92 Å². The van der Waals surface area contributed by atoms with Crippen LogP contribution in [-0.4, -0.2) is 24.7 Å². The van der Waals surface area contributed by atoms with Gasteiger partial charge in [0, 0.05) is 11.1 Å². The highest BCUT2D eigenvalue weighted by atomic mass is 35.5. The van der Waals surface area contributed by atoms with Crippen LogP contribution in [0.1, 0.15) is 31.9 Å². The first-order valence-corrected chi connectivity index (χ1v) is 7.69. The molecule has 2 atom stereocenters. The summed E-state index contributed by atoms with van der Waals surface area (Å²) in [7, 11) is -3.92. The fraction of sp³-hybridized carbons (Fsp3) is 0.417. The number of aliphatic carboxylic acids is 1. The molecule has 7 heteroatoms. The minimum Gasteiger partial charge on any atom is -0.480 e. The van der Waals surface area contributed by atoms with Gasteiger partial charge in [-0.2, -0.15) is 0 Å². The highest BCUT2D eigenvalue weighted by Crippen LogP contribution is 2.21. The molecule has 2 N–H and O–H groups in total. The summed E-state index contributed by atoms with van der Waals surface area (Å²) in [6.07, 6.45) is 0.492. The number of rotatable bonds is 6. The molecule has 5 nitrogen and oxygen atoms in total. The summed E-state index contributed by atoms with van der Waals surface area (Å²) in [6, 6.07) is 6.31. The highest BCUT2D eigenvalue weighted by Gasteiger charge is 2.29. The number of carbonyl (C=O) groups is 1. The number of sulfonamides is 1. The average molecular weight is 306 g/mol. The van der Waals surface area contributed by atoms with Gasteiger partial charge >= 0.3 is 5.97 Å². The molecule has 0 aliphatic carbocycles. The van der Waals surface area contributed by atoms with Crippen molar-refractivity contribution in [3.8, 4) is 0 Å². The molecule has 0 amide bonds. The maximum Gasteiger partial charge on any atom is 0.323 e. The summed E-state index contributed by atoms with van der Waals surface area (Å²) in [4.78, 5) is 10.8. The zero-order valence-corrected chi connectivity index (χ0v) is 12.2. The van der Waals surface area contributed by atoms with Crippen molar-refractivity contribution in [2.45, 2.75) is 31.6 Å². The Morgan fingerprint density at radius 3 is 2.58 bits per heavy atom. The molecule has 0 spiro atoms. The van der Waals surface area contributed by atoms with Crippen LogP contribution in [0.5, 0.6) is 0 Å². The molecule has 0 fully saturated rings. The largest absolute Gasteiger partial charge is 0.480 e. The van der Waals surface area contributed by atoms with Gasteiger partial charge in [-0.25, -0.2) is 13.1 Å². The number of benzene rings is 1. The second kappa shape index (κ2) is 6.36. The summed E-state index contributed by atoms with van der Waals surface area (Å²) in [5, 5.41) is 7.78. The van der Waals surface area contributed by atoms with Crippen LogP contribution >= 0.6 is 11.6 Å². The van der Waals surface area contributed by atoms with Gasteiger partial charge in [0.1, 0.15) is 0 Å². The van der Waals surface area contributed by atoms with E-state index in [1.165, 1.54) is 0 Å². The monoisotopic (exact) mass is 305 g/mol. The molecule has 1 aromatic rings. The minimum absolute atomic E-state index is 0.492. The standard InChI is InChI=1S/C12H16ClNO4S/c1-3-11(9-5-4-6-10(13)7-9)14-19(17,18)8(2)12(15)16/h4-8,11,14H,3H2,1-2H3,(H,15,16). The summed E-state index contributed by atoms with van der Waals surface area (Å²) < 4.78 is 26.1. The number of carboxylic acid groups (broad SMARTS) is 1. The molecule has 0 aromatic heterocycles. The Hall–Kier alpha value is -1.11. The second-order valence-electron chi connectivity index (χ2n) is 4.16. The minimum atomic E-state index is -3.92. The fourth-order valence-corrected chi connectivity index (χ4v) is 2.91. The summed E-state index contributed by atoms with van der Waals surface area (Å²) in [5.41, 5.74) is 0.705. The van der Waals surface area contributed by atoms with E-state index in [1.807, 2.05) is 0 Å². The van der Waals surface area contributed by atoms with E-state index in [-0.39, 0.29) is 0 Å². The third-order valence-corrected chi connectivity index (χ3v) is 4.76. The Morgan fingerprint density at radius 1 is 1.47 bits per heavy atom. The Labute approximate surface area is 117 Å². The van der Waals surface area contributed by atoms with Crippen LogP contribution in [-0.2, 0) is 14.8 Å². The Morgan fingerprint density at radius 2 is 2.11 bits per heavy atom. The van der Waals surface area contributed by atoms with E-state index in [9.17, 15) is 13.2 Å². The zero-order valence-electron chi connectivity index (χ0n) is 10.6. The number of hydrogen-bond donors (Lipinski definition) is 2. The Kier molecular flexibility index (Phi) is 5.34. The van der Waals surface area contributed by atoms with E-state index >= 15 is 0 Å². The number of nitrogens with one attached hydrogen (secondary N) is 1. The molecular weight excluding hydrogens is 290 g/mol. The van der Waals surface area contributed by atoms with E-state index in [4.69, 9.17) is 16.7 Å². The lowest BCUT2D eigenvalue weighted by molar-refractivity contribution is -0.136. The molecule has 0 radical (unpaired) electrons. The highest BCUT2D eigenvalue weighted by molar-refractivity contribution is 7.90. The fourth-order valence-electron chi connectivity index (χ4n) is 1.54. The molecule has 1 rings (SSSR count). The molecule has 0 aliphatic rings. The average Bonchev–Trinajstić information content (AvgIpc) is 2.34. The van der Waals surface area contributed by atoms with Gasteiger partial charge in [0.15, 0.2) is 5.25 Å². The summed E-state index contributed by atoms with van der Waals surface area (Å²) in [6.45, 7) is 2.94. The molecular formula is C12H16ClNO4S. The third kappa shape index (κ3) is 4.19. The molecule has 19 heavy (non-hydrogen) atoms. The van der Waals surface area contributed by atoms with Crippen LogP contribution in [0.15, 0.2) is 24.3 Å². The molecule has 0 saturated heterocycles. The van der Waals surface area contributed by atoms with Crippen molar-refractivity contribution < 1.29 is 18.3 Å². The lowest BCUT2D eigenvalue weighted by Gasteiger charge is -2.19. The smallest absolute Gasteiger partial charge is 0.323 e. The predicted octanol–water partition coefficient (Wildman–Crippen LogP) is 2.18. The maximum absolute atomic E-state index is 11.9. The van der Waals surface area contributed by atoms with Crippen molar-refractivity contribution in [3.63, 3.8) is 0 Å². The molecule has 0 heterocycles. The van der Waals surface area contributed by atoms with Gasteiger partial charge in [-0.3, -0.25) is 4.79 Å². The Bertz CT molecular complexity index is 559. The first-order valence-electron chi connectivity index (χ1n) is 5.77. The number of carboxylic acids is 1. The Balaban J connectivity index is 2.98. The van der Waals surface area contributed by atoms with Gasteiger partial charge in [0.05, 0.1) is 0 Å². The van der Waals surface area contributed by atoms with Gasteiger partial charge < -0.3 is 5.11 Å². The van der Waals surface area contributed by atoms with Gasteiger partial charge in [-0.15, -0.1) is 0 Å². The van der Waals surface area contributed by atoms with Crippen LogP contribution in [0.4, 0.5) is 0 Å². The van der Waals surface area contributed by atoms with E-state index in [1.54, 1.807) is 31.2 Å². The molecule has 2 unspecified atom stereocenters. The topological polar surface area (TPSA) is 83.5 Å². The SMILES string of the molecule is CCC(NS(=O)(=O)C(C)C(=O)O)c1cccc(Cl)c1. The van der Waals surface area contributed by atoms with Crippen molar-refractivity contribution >= 4 is 27.6 Å². The van der Waals surface area contributed by atoms with Crippen molar-refractivity contribution in [1.82, 2.24) is 4.72 Å². The van der Waals surface area contributed by atoms with Crippen LogP contribution < -0.4 is 4.72 Å². The number of hydrogen-bond acceptors (Lipinski definition) is 3. The van der Waals surface area contributed by atoms with Crippen molar-refractivity contribution in [3.05, 3.63) is 34.9 Å². The van der Waals surface area contributed by atoms with E-state index < -0.39 is 27.3 Å². The molecule has 0 bridgehead atoms. The first-order chi connectivity index (χ1) is 8.77.